The van der Waals surface area contributed by atoms with Gasteiger partial charge in [0.25, 0.3) is 0 Å². The van der Waals surface area contributed by atoms with Crippen molar-refractivity contribution in [2.45, 2.75) is 90.4 Å². The number of rotatable bonds is 17. The molecule has 2 aromatic rings. The van der Waals surface area contributed by atoms with Crippen LogP contribution in [0.5, 0.6) is 5.75 Å². The number of hydrogen-bond acceptors (Lipinski definition) is 1. The molecular weight excluding hydrogens is 388 g/mol. The summed E-state index contributed by atoms with van der Waals surface area (Å²) >= 11 is 5.70. The van der Waals surface area contributed by atoms with Crippen molar-refractivity contribution in [3.8, 4) is 16.9 Å². The minimum absolute atomic E-state index is 0.794. The molecule has 0 N–H and O–H groups in total. The maximum absolute atomic E-state index is 5.90. The molecule has 0 saturated carbocycles. The Morgan fingerprint density at radius 2 is 1.13 bits per heavy atom. The molecule has 0 aliphatic rings. The molecule has 166 valence electrons. The normalized spacial score (nSPS) is 11.0. The summed E-state index contributed by atoms with van der Waals surface area (Å²) in [5.41, 5.74) is 4.00. The van der Waals surface area contributed by atoms with E-state index >= 15 is 0 Å². The van der Waals surface area contributed by atoms with Crippen LogP contribution in [-0.4, -0.2) is 12.5 Å². The number of halogens is 1. The molecule has 0 aromatic heterocycles. The molecule has 0 radical (unpaired) electrons. The second-order valence-electron chi connectivity index (χ2n) is 8.40. The number of unbranched alkanes of at least 4 members (excludes halogenated alkanes) is 10. The Hall–Kier alpha value is -1.47. The number of benzene rings is 2. The molecule has 0 unspecified atom stereocenters. The largest absolute Gasteiger partial charge is 0.494 e. The fourth-order valence-electron chi connectivity index (χ4n) is 3.81. The maximum atomic E-state index is 5.90. The minimum atomic E-state index is 0.794. The molecule has 0 atom stereocenters. The first kappa shape index (κ1) is 24.8. The summed E-state index contributed by atoms with van der Waals surface area (Å²) in [6.45, 7) is 3.08. The van der Waals surface area contributed by atoms with E-state index in [9.17, 15) is 0 Å². The van der Waals surface area contributed by atoms with Gasteiger partial charge in [0.1, 0.15) is 5.75 Å². The fraction of sp³-hybridized carbons (Fsp3) is 0.571. The molecule has 2 aromatic carbocycles. The van der Waals surface area contributed by atoms with Gasteiger partial charge in [-0.25, -0.2) is 0 Å². The Morgan fingerprint density at radius 1 is 0.600 bits per heavy atom. The molecule has 2 heteroatoms. The van der Waals surface area contributed by atoms with Crippen LogP contribution >= 0.6 is 11.6 Å². The van der Waals surface area contributed by atoms with Gasteiger partial charge in [0.05, 0.1) is 6.61 Å². The van der Waals surface area contributed by atoms with Crippen LogP contribution < -0.4 is 4.74 Å². The highest BCUT2D eigenvalue weighted by Crippen LogP contribution is 2.23. The van der Waals surface area contributed by atoms with Gasteiger partial charge in [-0.3, -0.25) is 0 Å². The first-order valence-corrected chi connectivity index (χ1v) is 12.7. The van der Waals surface area contributed by atoms with Gasteiger partial charge >= 0.3 is 0 Å². The highest BCUT2D eigenvalue weighted by Gasteiger charge is 2.01. The molecule has 0 aliphatic carbocycles. The topological polar surface area (TPSA) is 9.23 Å². The van der Waals surface area contributed by atoms with E-state index in [0.29, 0.717) is 0 Å². The van der Waals surface area contributed by atoms with Crippen molar-refractivity contribution in [1.29, 1.82) is 0 Å². The third-order valence-corrected chi connectivity index (χ3v) is 6.02. The van der Waals surface area contributed by atoms with Gasteiger partial charge in [0.2, 0.25) is 0 Å². The second kappa shape index (κ2) is 16.3. The molecular formula is C28H41ClO. The molecule has 0 aliphatic heterocycles. The number of ether oxygens (including phenoxy) is 1. The quantitative estimate of drug-likeness (QED) is 0.180. The van der Waals surface area contributed by atoms with E-state index in [1.807, 2.05) is 0 Å². The lowest BCUT2D eigenvalue weighted by atomic mass is 10.0. The maximum Gasteiger partial charge on any atom is 0.119 e. The molecule has 2 rings (SSSR count). The SMILES string of the molecule is CCCCCCCCc1ccc(-c2ccc(OCCCCCCCCCl)cc2)cc1. The smallest absolute Gasteiger partial charge is 0.119 e. The van der Waals surface area contributed by atoms with Crippen LogP contribution in [0.4, 0.5) is 0 Å². The van der Waals surface area contributed by atoms with Crippen LogP contribution in [0, 0.1) is 0 Å². The summed E-state index contributed by atoms with van der Waals surface area (Å²) in [7, 11) is 0. The van der Waals surface area contributed by atoms with E-state index in [4.69, 9.17) is 16.3 Å². The van der Waals surface area contributed by atoms with Crippen LogP contribution in [0.2, 0.25) is 0 Å². The highest BCUT2D eigenvalue weighted by molar-refractivity contribution is 6.17. The lowest BCUT2D eigenvalue weighted by Gasteiger charge is -2.08. The number of aryl methyl sites for hydroxylation is 1. The highest BCUT2D eigenvalue weighted by atomic mass is 35.5. The predicted molar refractivity (Wildman–Crippen MR) is 133 cm³/mol. The van der Waals surface area contributed by atoms with Crippen molar-refractivity contribution in [1.82, 2.24) is 0 Å². The average molecular weight is 429 g/mol. The van der Waals surface area contributed by atoms with Crippen molar-refractivity contribution >= 4 is 11.6 Å². The molecule has 30 heavy (non-hydrogen) atoms. The van der Waals surface area contributed by atoms with E-state index in [1.54, 1.807) is 0 Å². The summed E-state index contributed by atoms with van der Waals surface area (Å²) in [5.74, 6) is 1.77. The van der Waals surface area contributed by atoms with Gasteiger partial charge < -0.3 is 4.74 Å². The standard InChI is InChI=1S/C28H41ClO/c1-2-3-4-5-8-11-14-25-15-17-26(18-16-25)27-19-21-28(22-20-27)30-24-13-10-7-6-9-12-23-29/h15-22H,2-14,23-24H2,1H3. The average Bonchev–Trinajstić information content (AvgIpc) is 2.79. The zero-order chi connectivity index (χ0) is 21.3. The summed E-state index contributed by atoms with van der Waals surface area (Å²) < 4.78 is 5.90. The zero-order valence-electron chi connectivity index (χ0n) is 19.0. The second-order valence-corrected chi connectivity index (χ2v) is 8.78. The van der Waals surface area contributed by atoms with E-state index < -0.39 is 0 Å². The van der Waals surface area contributed by atoms with E-state index in [0.717, 1.165) is 31.1 Å². The van der Waals surface area contributed by atoms with Gasteiger partial charge in [0, 0.05) is 5.88 Å². The minimum Gasteiger partial charge on any atom is -0.494 e. The van der Waals surface area contributed by atoms with Gasteiger partial charge in [-0.2, -0.15) is 0 Å². The van der Waals surface area contributed by atoms with Crippen molar-refractivity contribution < 1.29 is 4.74 Å². The summed E-state index contributed by atoms with van der Waals surface area (Å²) in [6, 6.07) is 17.6. The summed E-state index contributed by atoms with van der Waals surface area (Å²) in [4.78, 5) is 0. The van der Waals surface area contributed by atoms with Crippen molar-refractivity contribution in [2.24, 2.45) is 0 Å². The lowest BCUT2D eigenvalue weighted by Crippen LogP contribution is -1.97. The lowest BCUT2D eigenvalue weighted by molar-refractivity contribution is 0.304. The Balaban J connectivity index is 1.65. The van der Waals surface area contributed by atoms with Crippen molar-refractivity contribution in [2.75, 3.05) is 12.5 Å². The first-order valence-electron chi connectivity index (χ1n) is 12.2. The molecule has 0 amide bonds. The monoisotopic (exact) mass is 428 g/mol. The summed E-state index contributed by atoms with van der Waals surface area (Å²) in [5, 5.41) is 0. The zero-order valence-corrected chi connectivity index (χ0v) is 19.8. The van der Waals surface area contributed by atoms with E-state index in [1.165, 1.54) is 87.3 Å². The summed E-state index contributed by atoms with van der Waals surface area (Å²) in [6.07, 6.45) is 16.7. The molecule has 0 heterocycles. The van der Waals surface area contributed by atoms with Gasteiger partial charge in [-0.05, 0) is 54.5 Å². The Morgan fingerprint density at radius 3 is 1.77 bits per heavy atom. The Labute approximate surface area is 190 Å². The van der Waals surface area contributed by atoms with Crippen LogP contribution in [0.15, 0.2) is 48.5 Å². The Bertz CT molecular complexity index is 647. The van der Waals surface area contributed by atoms with Gasteiger partial charge in [-0.1, -0.05) is 101 Å². The van der Waals surface area contributed by atoms with Crippen LogP contribution in [-0.2, 0) is 6.42 Å². The predicted octanol–water partition coefficient (Wildman–Crippen LogP) is 9.21. The molecule has 0 saturated heterocycles. The number of hydrogen-bond donors (Lipinski definition) is 0. The van der Waals surface area contributed by atoms with Gasteiger partial charge in [-0.15, -0.1) is 11.6 Å². The van der Waals surface area contributed by atoms with E-state index in [-0.39, 0.29) is 0 Å². The van der Waals surface area contributed by atoms with E-state index in [2.05, 4.69) is 55.5 Å². The van der Waals surface area contributed by atoms with Crippen molar-refractivity contribution in [3.05, 3.63) is 54.1 Å². The van der Waals surface area contributed by atoms with Crippen LogP contribution in [0.3, 0.4) is 0 Å². The van der Waals surface area contributed by atoms with Crippen LogP contribution in [0.1, 0.15) is 89.5 Å². The molecule has 0 fully saturated rings. The number of alkyl halides is 1. The molecule has 0 bridgehead atoms. The first-order chi connectivity index (χ1) is 14.8. The fourth-order valence-corrected chi connectivity index (χ4v) is 4.00. The molecule has 0 spiro atoms. The van der Waals surface area contributed by atoms with Gasteiger partial charge in [0.15, 0.2) is 0 Å². The third kappa shape index (κ3) is 10.5. The van der Waals surface area contributed by atoms with Crippen LogP contribution in [0.25, 0.3) is 11.1 Å². The third-order valence-electron chi connectivity index (χ3n) is 5.76. The van der Waals surface area contributed by atoms with Crippen molar-refractivity contribution in [3.63, 3.8) is 0 Å². The Kier molecular flexibility index (Phi) is 13.4. The molecule has 1 nitrogen and oxygen atoms in total.